The maximum Gasteiger partial charge on any atom is 0.242 e. The van der Waals surface area contributed by atoms with E-state index in [0.717, 1.165) is 6.42 Å². The highest BCUT2D eigenvalue weighted by Gasteiger charge is 2.35. The van der Waals surface area contributed by atoms with E-state index in [9.17, 15) is 19.2 Å². The fourth-order valence-corrected chi connectivity index (χ4v) is 3.22. The Bertz CT molecular complexity index is 538. The number of likely N-dealkylation sites (tertiary alicyclic amines) is 1. The molecule has 1 saturated heterocycles. The SMILES string of the molecule is CC(C)C(C(N)=O)N(C)C(=O)CCCCCN1C(=O)CC(S)C1=O.CCCC. The molecule has 0 aromatic rings. The largest absolute Gasteiger partial charge is 0.368 e. The van der Waals surface area contributed by atoms with Gasteiger partial charge in [0.1, 0.15) is 6.04 Å². The molecule has 1 heterocycles. The first-order valence-electron chi connectivity index (χ1n) is 10.2. The van der Waals surface area contributed by atoms with Gasteiger partial charge in [0.15, 0.2) is 0 Å². The molecule has 1 fully saturated rings. The first kappa shape index (κ1) is 26.4. The molecule has 28 heavy (non-hydrogen) atoms. The highest BCUT2D eigenvalue weighted by atomic mass is 32.1. The summed E-state index contributed by atoms with van der Waals surface area (Å²) in [7, 11) is 1.59. The number of imide groups is 1. The van der Waals surface area contributed by atoms with E-state index in [2.05, 4.69) is 26.5 Å². The monoisotopic (exact) mass is 415 g/mol. The summed E-state index contributed by atoms with van der Waals surface area (Å²) in [6, 6.07) is -0.607. The summed E-state index contributed by atoms with van der Waals surface area (Å²) in [5.74, 6) is -1.10. The van der Waals surface area contributed by atoms with E-state index in [1.165, 1.54) is 22.6 Å². The molecule has 0 aliphatic carbocycles. The molecular weight excluding hydrogens is 378 g/mol. The Morgan fingerprint density at radius 2 is 1.75 bits per heavy atom. The van der Waals surface area contributed by atoms with Gasteiger partial charge >= 0.3 is 0 Å². The Morgan fingerprint density at radius 1 is 1.18 bits per heavy atom. The van der Waals surface area contributed by atoms with Crippen LogP contribution in [-0.2, 0) is 19.2 Å². The molecule has 0 saturated carbocycles. The number of primary amides is 1. The molecule has 2 atom stereocenters. The molecular formula is C20H37N3O4S. The standard InChI is InChI=1S/C16H27N3O4S.C4H10/c1-10(2)14(15(17)22)18(3)12(20)7-5-4-6-8-19-13(21)9-11(24)16(19)23;1-3-4-2/h10-11,14,24H,4-9H2,1-3H3,(H2,17,22);3-4H2,1-2H3. The van der Waals surface area contributed by atoms with E-state index in [-0.39, 0.29) is 30.1 Å². The molecule has 162 valence electrons. The van der Waals surface area contributed by atoms with Gasteiger partial charge in [0.05, 0.1) is 5.25 Å². The molecule has 2 N–H and O–H groups in total. The molecule has 0 spiro atoms. The van der Waals surface area contributed by atoms with Crippen LogP contribution in [0.2, 0.25) is 0 Å². The van der Waals surface area contributed by atoms with Gasteiger partial charge in [-0.15, -0.1) is 0 Å². The number of thiol groups is 1. The van der Waals surface area contributed by atoms with Crippen molar-refractivity contribution in [3.8, 4) is 0 Å². The topological polar surface area (TPSA) is 101 Å². The summed E-state index contributed by atoms with van der Waals surface area (Å²) in [5.41, 5.74) is 5.35. The van der Waals surface area contributed by atoms with E-state index in [0.29, 0.717) is 25.8 Å². The van der Waals surface area contributed by atoms with E-state index >= 15 is 0 Å². The predicted molar refractivity (Wildman–Crippen MR) is 114 cm³/mol. The lowest BCUT2D eigenvalue weighted by molar-refractivity contribution is -0.139. The van der Waals surface area contributed by atoms with Crippen LogP contribution >= 0.6 is 12.6 Å². The fourth-order valence-electron chi connectivity index (χ4n) is 2.92. The first-order valence-corrected chi connectivity index (χ1v) is 10.7. The summed E-state index contributed by atoms with van der Waals surface area (Å²) in [4.78, 5) is 49.6. The third-order valence-corrected chi connectivity index (χ3v) is 5.13. The second kappa shape index (κ2) is 13.6. The third kappa shape index (κ3) is 8.63. The number of carbonyl (C=O) groups excluding carboxylic acids is 4. The second-order valence-corrected chi connectivity index (χ2v) is 8.13. The number of rotatable bonds is 10. The number of nitrogens with zero attached hydrogens (tertiary/aromatic N) is 2. The van der Waals surface area contributed by atoms with Gasteiger partial charge in [-0.1, -0.05) is 47.0 Å². The highest BCUT2D eigenvalue weighted by molar-refractivity contribution is 7.81. The minimum atomic E-state index is -0.607. The van der Waals surface area contributed by atoms with Crippen LogP contribution in [-0.4, -0.2) is 58.3 Å². The fraction of sp³-hybridized carbons (Fsp3) is 0.800. The number of amides is 4. The van der Waals surface area contributed by atoms with Crippen molar-refractivity contribution >= 4 is 36.3 Å². The van der Waals surface area contributed by atoms with Gasteiger partial charge in [-0.05, 0) is 18.8 Å². The van der Waals surface area contributed by atoms with Crippen LogP contribution in [0, 0.1) is 5.92 Å². The van der Waals surface area contributed by atoms with Crippen LogP contribution in [0.1, 0.15) is 72.6 Å². The molecule has 1 rings (SSSR count). The summed E-state index contributed by atoms with van der Waals surface area (Å²) in [6.45, 7) is 8.42. The molecule has 0 aromatic carbocycles. The predicted octanol–water partition coefficient (Wildman–Crippen LogP) is 2.38. The minimum Gasteiger partial charge on any atom is -0.368 e. The minimum absolute atomic E-state index is 0.0437. The van der Waals surface area contributed by atoms with Crippen LogP contribution in [0.15, 0.2) is 0 Å². The van der Waals surface area contributed by atoms with Crippen molar-refractivity contribution < 1.29 is 19.2 Å². The van der Waals surface area contributed by atoms with Crippen molar-refractivity contribution in [2.24, 2.45) is 11.7 Å². The lowest BCUT2D eigenvalue weighted by Crippen LogP contribution is -2.48. The zero-order valence-corrected chi connectivity index (χ0v) is 18.8. The van der Waals surface area contributed by atoms with Crippen molar-refractivity contribution in [3.63, 3.8) is 0 Å². The zero-order chi connectivity index (χ0) is 21.9. The summed E-state index contributed by atoms with van der Waals surface area (Å²) < 4.78 is 0. The van der Waals surface area contributed by atoms with Crippen molar-refractivity contribution in [1.82, 2.24) is 9.80 Å². The van der Waals surface area contributed by atoms with Gasteiger partial charge in [-0.2, -0.15) is 12.6 Å². The Hall–Kier alpha value is -1.57. The van der Waals surface area contributed by atoms with Crippen molar-refractivity contribution in [2.75, 3.05) is 13.6 Å². The lowest BCUT2D eigenvalue weighted by Gasteiger charge is -2.28. The maximum absolute atomic E-state index is 12.1. The summed E-state index contributed by atoms with van der Waals surface area (Å²) in [6.07, 6.45) is 5.11. The van der Waals surface area contributed by atoms with Crippen LogP contribution in [0.3, 0.4) is 0 Å². The van der Waals surface area contributed by atoms with Gasteiger partial charge < -0.3 is 10.6 Å². The van der Waals surface area contributed by atoms with Crippen molar-refractivity contribution in [3.05, 3.63) is 0 Å². The number of hydrogen-bond acceptors (Lipinski definition) is 5. The van der Waals surface area contributed by atoms with Gasteiger partial charge in [0.25, 0.3) is 0 Å². The molecule has 8 heteroatoms. The molecule has 7 nitrogen and oxygen atoms in total. The highest BCUT2D eigenvalue weighted by Crippen LogP contribution is 2.18. The smallest absolute Gasteiger partial charge is 0.242 e. The van der Waals surface area contributed by atoms with Crippen LogP contribution in [0.5, 0.6) is 0 Å². The van der Waals surface area contributed by atoms with E-state index in [1.54, 1.807) is 7.05 Å². The molecule has 0 radical (unpaired) electrons. The van der Waals surface area contributed by atoms with Crippen molar-refractivity contribution in [2.45, 2.75) is 83.9 Å². The van der Waals surface area contributed by atoms with Gasteiger partial charge in [-0.25, -0.2) is 0 Å². The van der Waals surface area contributed by atoms with Gasteiger partial charge in [0.2, 0.25) is 23.6 Å². The number of hydrogen-bond donors (Lipinski definition) is 2. The average molecular weight is 416 g/mol. The Labute approximate surface area is 174 Å². The van der Waals surface area contributed by atoms with E-state index < -0.39 is 17.2 Å². The normalized spacial score (nSPS) is 17.4. The molecule has 4 amide bonds. The Balaban J connectivity index is 0.00000165. The quantitative estimate of drug-likeness (QED) is 0.325. The van der Waals surface area contributed by atoms with Crippen LogP contribution in [0.4, 0.5) is 0 Å². The number of carbonyl (C=O) groups is 4. The van der Waals surface area contributed by atoms with Crippen LogP contribution in [0.25, 0.3) is 0 Å². The number of likely N-dealkylation sites (N-methyl/N-ethyl adjacent to an activating group) is 1. The van der Waals surface area contributed by atoms with E-state index in [4.69, 9.17) is 5.73 Å². The molecule has 1 aliphatic rings. The third-order valence-electron chi connectivity index (χ3n) is 4.73. The lowest BCUT2D eigenvalue weighted by atomic mass is 10.0. The van der Waals surface area contributed by atoms with E-state index in [1.807, 2.05) is 13.8 Å². The Kier molecular flexibility index (Phi) is 12.8. The maximum atomic E-state index is 12.1. The molecule has 0 bridgehead atoms. The molecule has 0 aromatic heterocycles. The zero-order valence-electron chi connectivity index (χ0n) is 17.9. The first-order chi connectivity index (χ1) is 13.1. The molecule has 2 unspecified atom stereocenters. The average Bonchev–Trinajstić information content (AvgIpc) is 2.86. The summed E-state index contributed by atoms with van der Waals surface area (Å²) in [5, 5.41) is -0.519. The number of unbranched alkanes of at least 4 members (excludes halogenated alkanes) is 3. The van der Waals surface area contributed by atoms with Gasteiger partial charge in [0, 0.05) is 26.4 Å². The second-order valence-electron chi connectivity index (χ2n) is 7.51. The Morgan fingerprint density at radius 3 is 2.14 bits per heavy atom. The summed E-state index contributed by atoms with van der Waals surface area (Å²) >= 11 is 4.07. The molecule has 1 aliphatic heterocycles. The van der Waals surface area contributed by atoms with Crippen molar-refractivity contribution in [1.29, 1.82) is 0 Å². The van der Waals surface area contributed by atoms with Crippen LogP contribution < -0.4 is 5.73 Å². The number of nitrogens with two attached hydrogens (primary N) is 1. The van der Waals surface area contributed by atoms with Gasteiger partial charge in [-0.3, -0.25) is 24.1 Å².